The summed E-state index contributed by atoms with van der Waals surface area (Å²) in [5.41, 5.74) is 0.866. The molecule has 1 amide bonds. The number of carbonyl (C=O) groups is 2. The zero-order valence-corrected chi connectivity index (χ0v) is 13.8. The molecule has 7 heteroatoms. The van der Waals surface area contributed by atoms with Gasteiger partial charge in [0, 0.05) is 39.8 Å². The van der Waals surface area contributed by atoms with Gasteiger partial charge in [-0.15, -0.1) is 11.3 Å². The fourth-order valence-corrected chi connectivity index (χ4v) is 3.30. The highest BCUT2D eigenvalue weighted by molar-refractivity contribution is 7.84. The molecule has 0 spiro atoms. The third-order valence-corrected chi connectivity index (χ3v) is 4.78. The van der Waals surface area contributed by atoms with Crippen LogP contribution >= 0.6 is 11.3 Å². The van der Waals surface area contributed by atoms with E-state index >= 15 is 0 Å². The van der Waals surface area contributed by atoms with E-state index in [0.717, 1.165) is 16.5 Å². The van der Waals surface area contributed by atoms with E-state index in [0.29, 0.717) is 17.1 Å². The number of carboxylic acids is 1. The Hall–Kier alpha value is -1.47. The number of hydrogen-bond donors (Lipinski definition) is 2. The van der Waals surface area contributed by atoms with Gasteiger partial charge in [0.15, 0.2) is 0 Å². The first-order valence-corrected chi connectivity index (χ1v) is 8.96. The van der Waals surface area contributed by atoms with Crippen LogP contribution in [0.3, 0.4) is 0 Å². The molecule has 0 aliphatic rings. The Morgan fingerprint density at radius 3 is 2.76 bits per heavy atom. The van der Waals surface area contributed by atoms with Crippen LogP contribution in [0.1, 0.15) is 33.5 Å². The molecule has 1 rings (SSSR count). The SMILES string of the molecule is Cc1cc(C(=O)NC(C)CCS(C)=O)sc1/C=C/C(=O)O. The quantitative estimate of drug-likeness (QED) is 0.750. The summed E-state index contributed by atoms with van der Waals surface area (Å²) in [6.45, 7) is 3.70. The van der Waals surface area contributed by atoms with Gasteiger partial charge in [0.05, 0.1) is 4.88 Å². The summed E-state index contributed by atoms with van der Waals surface area (Å²) in [6, 6.07) is 1.69. The van der Waals surface area contributed by atoms with Crippen LogP contribution in [0.4, 0.5) is 0 Å². The molecule has 1 aromatic heterocycles. The summed E-state index contributed by atoms with van der Waals surface area (Å²) < 4.78 is 11.0. The van der Waals surface area contributed by atoms with Gasteiger partial charge in [0.2, 0.25) is 0 Å². The second-order valence-electron chi connectivity index (χ2n) is 4.77. The van der Waals surface area contributed by atoms with E-state index in [2.05, 4.69) is 5.32 Å². The van der Waals surface area contributed by atoms with E-state index in [-0.39, 0.29) is 11.9 Å². The Bertz CT molecular complexity index is 578. The van der Waals surface area contributed by atoms with E-state index in [9.17, 15) is 13.8 Å². The predicted molar refractivity (Wildman–Crippen MR) is 86.2 cm³/mol. The lowest BCUT2D eigenvalue weighted by Gasteiger charge is -2.11. The lowest BCUT2D eigenvalue weighted by Crippen LogP contribution is -2.33. The number of amides is 1. The Labute approximate surface area is 130 Å². The Morgan fingerprint density at radius 2 is 2.19 bits per heavy atom. The van der Waals surface area contributed by atoms with E-state index < -0.39 is 16.8 Å². The third-order valence-electron chi connectivity index (χ3n) is 2.77. The van der Waals surface area contributed by atoms with Crippen molar-refractivity contribution in [3.63, 3.8) is 0 Å². The number of aliphatic carboxylic acids is 1. The molecule has 5 nitrogen and oxygen atoms in total. The summed E-state index contributed by atoms with van der Waals surface area (Å²) in [5, 5.41) is 11.5. The van der Waals surface area contributed by atoms with E-state index in [4.69, 9.17) is 5.11 Å². The number of hydrogen-bond acceptors (Lipinski definition) is 4. The summed E-state index contributed by atoms with van der Waals surface area (Å²) in [7, 11) is -0.866. The standard InChI is InChI=1S/C14H19NO4S2/c1-9-8-12(20-11(9)4-5-13(16)17)14(18)15-10(2)6-7-21(3)19/h4-5,8,10H,6-7H2,1-3H3,(H,15,18)(H,16,17)/b5-4+. The van der Waals surface area contributed by atoms with Gasteiger partial charge in [-0.1, -0.05) is 0 Å². The first-order valence-electron chi connectivity index (χ1n) is 6.42. The van der Waals surface area contributed by atoms with Gasteiger partial charge in [0.1, 0.15) is 0 Å². The Balaban J connectivity index is 2.68. The highest BCUT2D eigenvalue weighted by Crippen LogP contribution is 2.23. The van der Waals surface area contributed by atoms with E-state index in [1.54, 1.807) is 12.3 Å². The van der Waals surface area contributed by atoms with Crippen molar-refractivity contribution < 1.29 is 18.9 Å². The Morgan fingerprint density at radius 1 is 1.52 bits per heavy atom. The molecule has 0 saturated heterocycles. The maximum absolute atomic E-state index is 12.1. The molecular formula is C14H19NO4S2. The summed E-state index contributed by atoms with van der Waals surface area (Å²) in [6.07, 6.45) is 4.84. The van der Waals surface area contributed by atoms with Crippen LogP contribution in [0.5, 0.6) is 0 Å². The summed E-state index contributed by atoms with van der Waals surface area (Å²) >= 11 is 1.25. The zero-order valence-electron chi connectivity index (χ0n) is 12.2. The topological polar surface area (TPSA) is 83.5 Å². The van der Waals surface area contributed by atoms with E-state index in [1.165, 1.54) is 17.4 Å². The van der Waals surface area contributed by atoms with Crippen molar-refractivity contribution in [3.8, 4) is 0 Å². The lowest BCUT2D eigenvalue weighted by atomic mass is 10.2. The molecule has 2 atom stereocenters. The van der Waals surface area contributed by atoms with Crippen LogP contribution in [0, 0.1) is 6.92 Å². The van der Waals surface area contributed by atoms with Gasteiger partial charge in [0.25, 0.3) is 5.91 Å². The van der Waals surface area contributed by atoms with Crippen LogP contribution in [0.15, 0.2) is 12.1 Å². The molecule has 116 valence electrons. The average Bonchev–Trinajstić information content (AvgIpc) is 2.75. The van der Waals surface area contributed by atoms with Gasteiger partial charge in [-0.05, 0) is 38.0 Å². The minimum atomic E-state index is -1.02. The molecule has 0 fully saturated rings. The fraction of sp³-hybridized carbons (Fsp3) is 0.429. The molecule has 0 saturated carbocycles. The van der Waals surface area contributed by atoms with Crippen LogP contribution in [0.2, 0.25) is 0 Å². The maximum Gasteiger partial charge on any atom is 0.328 e. The molecule has 0 aliphatic carbocycles. The van der Waals surface area contributed by atoms with Crippen LogP contribution < -0.4 is 5.32 Å². The van der Waals surface area contributed by atoms with Gasteiger partial charge in [-0.2, -0.15) is 0 Å². The molecule has 2 N–H and O–H groups in total. The van der Waals surface area contributed by atoms with Crippen molar-refractivity contribution in [2.24, 2.45) is 0 Å². The number of carboxylic acid groups (broad SMARTS) is 1. The van der Waals surface area contributed by atoms with Crippen molar-refractivity contribution in [1.29, 1.82) is 0 Å². The lowest BCUT2D eigenvalue weighted by molar-refractivity contribution is -0.131. The van der Waals surface area contributed by atoms with Gasteiger partial charge in [-0.25, -0.2) is 4.79 Å². The van der Waals surface area contributed by atoms with Crippen molar-refractivity contribution in [3.05, 3.63) is 27.5 Å². The van der Waals surface area contributed by atoms with E-state index in [1.807, 2.05) is 13.8 Å². The molecule has 1 heterocycles. The first-order chi connectivity index (χ1) is 9.79. The van der Waals surface area contributed by atoms with Crippen LogP contribution in [-0.4, -0.2) is 39.2 Å². The molecule has 2 unspecified atom stereocenters. The second kappa shape index (κ2) is 8.09. The summed E-state index contributed by atoms with van der Waals surface area (Å²) in [5.74, 6) is -0.653. The van der Waals surface area contributed by atoms with Crippen molar-refractivity contribution >= 4 is 40.1 Å². The number of aryl methyl sites for hydroxylation is 1. The van der Waals surface area contributed by atoms with Crippen molar-refractivity contribution in [1.82, 2.24) is 5.32 Å². The van der Waals surface area contributed by atoms with Gasteiger partial charge < -0.3 is 10.4 Å². The van der Waals surface area contributed by atoms with Gasteiger partial charge >= 0.3 is 5.97 Å². The molecule has 1 aromatic rings. The highest BCUT2D eigenvalue weighted by atomic mass is 32.2. The van der Waals surface area contributed by atoms with Crippen LogP contribution in [-0.2, 0) is 15.6 Å². The fourth-order valence-electron chi connectivity index (χ4n) is 1.63. The highest BCUT2D eigenvalue weighted by Gasteiger charge is 2.14. The molecule has 0 aliphatic heterocycles. The maximum atomic E-state index is 12.1. The second-order valence-corrected chi connectivity index (χ2v) is 7.41. The normalized spacial score (nSPS) is 14.0. The number of rotatable bonds is 7. The third kappa shape index (κ3) is 6.22. The zero-order chi connectivity index (χ0) is 16.0. The first kappa shape index (κ1) is 17.6. The van der Waals surface area contributed by atoms with Crippen LogP contribution in [0.25, 0.3) is 6.08 Å². The average molecular weight is 329 g/mol. The minimum absolute atomic E-state index is 0.0539. The Kier molecular flexibility index (Phi) is 6.77. The number of thiophene rings is 1. The smallest absolute Gasteiger partial charge is 0.328 e. The summed E-state index contributed by atoms with van der Waals surface area (Å²) in [4.78, 5) is 23.9. The van der Waals surface area contributed by atoms with Crippen molar-refractivity contribution in [2.75, 3.05) is 12.0 Å². The minimum Gasteiger partial charge on any atom is -0.478 e. The van der Waals surface area contributed by atoms with Gasteiger partial charge in [-0.3, -0.25) is 9.00 Å². The molecular weight excluding hydrogens is 310 g/mol. The number of nitrogens with one attached hydrogen (secondary N) is 1. The molecule has 0 radical (unpaired) electrons. The monoisotopic (exact) mass is 329 g/mol. The van der Waals surface area contributed by atoms with Crippen molar-refractivity contribution in [2.45, 2.75) is 26.3 Å². The molecule has 21 heavy (non-hydrogen) atoms. The predicted octanol–water partition coefficient (Wildman–Crippen LogP) is 2.04. The largest absolute Gasteiger partial charge is 0.478 e. The molecule has 0 bridgehead atoms. The number of carbonyl (C=O) groups excluding carboxylic acids is 1. The molecule has 0 aromatic carbocycles.